The lowest BCUT2D eigenvalue weighted by atomic mass is 9.99. The van der Waals surface area contributed by atoms with Gasteiger partial charge in [-0.3, -0.25) is 33.6 Å². The van der Waals surface area contributed by atoms with Crippen LogP contribution in [0.15, 0.2) is 52.8 Å². The van der Waals surface area contributed by atoms with E-state index in [9.17, 15) is 19.2 Å². The van der Waals surface area contributed by atoms with E-state index in [0.29, 0.717) is 83.0 Å². The van der Waals surface area contributed by atoms with Gasteiger partial charge >= 0.3 is 5.97 Å². The van der Waals surface area contributed by atoms with Gasteiger partial charge in [-0.1, -0.05) is 35.3 Å². The number of aliphatic carboxylic acids is 1. The quantitative estimate of drug-likeness (QED) is 0.137. The fraction of sp³-hybridized carbons (Fsp3) is 0.350. The van der Waals surface area contributed by atoms with E-state index in [1.807, 2.05) is 41.8 Å². The Balaban J connectivity index is 0.882. The smallest absolute Gasteiger partial charge is 0.322 e. The number of carbonyl (C=O) groups excluding carboxylic acids is 3. The molecule has 2 aliphatic heterocycles. The molecule has 19 heteroatoms. The Morgan fingerprint density at radius 3 is 2.42 bits per heavy atom. The van der Waals surface area contributed by atoms with Crippen molar-refractivity contribution in [1.29, 1.82) is 0 Å². The number of nitrogens with zero attached hydrogens (tertiary/aromatic N) is 7. The van der Waals surface area contributed by atoms with Crippen molar-refractivity contribution >= 4 is 75.3 Å². The van der Waals surface area contributed by atoms with Crippen LogP contribution in [-0.2, 0) is 25.6 Å². The summed E-state index contributed by atoms with van der Waals surface area (Å²) in [6.45, 7) is 8.88. The zero-order valence-electron chi connectivity index (χ0n) is 32.5. The van der Waals surface area contributed by atoms with E-state index in [1.165, 1.54) is 11.3 Å². The van der Waals surface area contributed by atoms with E-state index in [0.717, 1.165) is 32.3 Å². The number of carboxylic acids is 1. The average Bonchev–Trinajstić information content (AvgIpc) is 3.89. The molecule has 308 valence electrons. The minimum atomic E-state index is -1.12. The average molecular weight is 879 g/mol. The van der Waals surface area contributed by atoms with Gasteiger partial charge in [0.2, 0.25) is 17.7 Å². The largest absolute Gasteiger partial charge is 0.492 e. The van der Waals surface area contributed by atoms with Gasteiger partial charge in [0.05, 0.1) is 35.8 Å². The van der Waals surface area contributed by atoms with Crippen molar-refractivity contribution < 1.29 is 29.0 Å². The van der Waals surface area contributed by atoms with Gasteiger partial charge in [-0.25, -0.2) is 4.98 Å². The number of thiophene rings is 1. The molecule has 0 radical (unpaired) electrons. The minimum absolute atomic E-state index is 0.0132. The van der Waals surface area contributed by atoms with Gasteiger partial charge in [0, 0.05) is 64.7 Å². The third kappa shape index (κ3) is 9.82. The van der Waals surface area contributed by atoms with Crippen molar-refractivity contribution in [2.75, 3.05) is 52.4 Å². The highest BCUT2D eigenvalue weighted by molar-refractivity contribution is 7.15. The van der Waals surface area contributed by atoms with E-state index in [-0.39, 0.29) is 31.2 Å². The highest BCUT2D eigenvalue weighted by Crippen LogP contribution is 2.40. The second-order valence-corrected chi connectivity index (χ2v) is 17.0. The molecule has 59 heavy (non-hydrogen) atoms. The Morgan fingerprint density at radius 2 is 1.69 bits per heavy atom. The van der Waals surface area contributed by atoms with Crippen LogP contribution in [0.5, 0.6) is 5.75 Å². The number of amides is 3. The molecule has 3 aromatic heterocycles. The van der Waals surface area contributed by atoms with Gasteiger partial charge in [-0.05, 0) is 56.7 Å². The lowest BCUT2D eigenvalue weighted by molar-refractivity contribution is -0.137. The maximum Gasteiger partial charge on any atom is 0.322 e. The monoisotopic (exact) mass is 877 g/mol. The van der Waals surface area contributed by atoms with E-state index in [1.54, 1.807) is 33.7 Å². The molecule has 3 amide bonds. The number of nitrogens with one attached hydrogen (secondary N) is 2. The van der Waals surface area contributed by atoms with E-state index >= 15 is 0 Å². The first kappa shape index (κ1) is 41.9. The third-order valence-corrected chi connectivity index (χ3v) is 12.8. The van der Waals surface area contributed by atoms with Crippen LogP contribution in [-0.4, -0.2) is 116 Å². The third-order valence-electron chi connectivity index (χ3n) is 10.1. The summed E-state index contributed by atoms with van der Waals surface area (Å²) < 4.78 is 7.97. The number of piperazine rings is 1. The second kappa shape index (κ2) is 18.4. The minimum Gasteiger partial charge on any atom is -0.492 e. The molecule has 5 aromatic rings. The first-order valence-electron chi connectivity index (χ1n) is 18.8. The Kier molecular flexibility index (Phi) is 13.1. The Bertz CT molecular complexity index is 2420. The second-order valence-electron chi connectivity index (χ2n) is 14.1. The standard InChI is InChI=1S/C40H41Cl2N9O6S2/c1-22-23(2)59-40-36(22)37(25-4-6-26(41)7-5-25)46-31(38-48-47-24(3)51(38)40)18-33(53)43-19-34(54)50-12-10-49(11-13-50)14-15-57-28-8-9-29(30(42)17-28)39-45-27(21-58-39)16-32(52)44-20-35(55)56/h4-9,17,21,31H,10-16,18-20H2,1-3H3,(H,43,53)(H,44,52)(H,55,56)/t31-/m0/s1. The molecule has 7 rings (SSSR count). The number of rotatable bonds is 14. The zero-order valence-corrected chi connectivity index (χ0v) is 35.6. The molecule has 2 aromatic carbocycles. The topological polar surface area (TPSA) is 184 Å². The number of carbonyl (C=O) groups is 4. The van der Waals surface area contributed by atoms with Crippen LogP contribution in [0, 0.1) is 20.8 Å². The Morgan fingerprint density at radius 1 is 0.949 bits per heavy atom. The summed E-state index contributed by atoms with van der Waals surface area (Å²) >= 11 is 15.8. The molecule has 15 nitrogen and oxygen atoms in total. The molecule has 5 heterocycles. The summed E-state index contributed by atoms with van der Waals surface area (Å²) in [5.74, 6) is -0.143. The normalized spacial score (nSPS) is 15.2. The molecule has 1 atom stereocenters. The van der Waals surface area contributed by atoms with Crippen LogP contribution in [0.1, 0.15) is 51.4 Å². The predicted octanol–water partition coefficient (Wildman–Crippen LogP) is 5.05. The molecule has 1 fully saturated rings. The molecule has 1 saturated heterocycles. The maximum absolute atomic E-state index is 13.4. The number of benzene rings is 2. The molecule has 3 N–H and O–H groups in total. The van der Waals surface area contributed by atoms with Crippen molar-refractivity contribution in [2.24, 2.45) is 4.99 Å². The number of ether oxygens (including phenoxy) is 1. The first-order valence-corrected chi connectivity index (χ1v) is 21.3. The number of hydrogen-bond acceptors (Lipinski definition) is 12. The number of fused-ring (bicyclic) bond motifs is 3. The number of aryl methyl sites for hydroxylation is 2. The molecule has 0 spiro atoms. The number of aliphatic imine (C=N–C) groups is 1. The highest BCUT2D eigenvalue weighted by Gasteiger charge is 2.33. The van der Waals surface area contributed by atoms with Crippen molar-refractivity contribution in [3.63, 3.8) is 0 Å². The van der Waals surface area contributed by atoms with E-state index in [4.69, 9.17) is 38.0 Å². The summed E-state index contributed by atoms with van der Waals surface area (Å²) in [7, 11) is 0. The number of halogens is 2. The summed E-state index contributed by atoms with van der Waals surface area (Å²) in [4.78, 5) is 64.0. The molecule has 2 aliphatic rings. The van der Waals surface area contributed by atoms with Crippen molar-refractivity contribution in [3.05, 3.63) is 96.8 Å². The van der Waals surface area contributed by atoms with Crippen LogP contribution in [0.25, 0.3) is 15.6 Å². The van der Waals surface area contributed by atoms with Crippen LogP contribution in [0.2, 0.25) is 10.0 Å². The van der Waals surface area contributed by atoms with Crippen LogP contribution in [0.4, 0.5) is 0 Å². The predicted molar refractivity (Wildman–Crippen MR) is 226 cm³/mol. The number of thiazole rings is 1. The zero-order chi connectivity index (χ0) is 41.8. The van der Waals surface area contributed by atoms with E-state index < -0.39 is 24.5 Å². The molecular formula is C40H41Cl2N9O6S2. The molecule has 0 unspecified atom stereocenters. The lowest BCUT2D eigenvalue weighted by Crippen LogP contribution is -2.51. The number of carboxylic acid groups (broad SMARTS) is 1. The molecule has 0 bridgehead atoms. The van der Waals surface area contributed by atoms with E-state index in [2.05, 4.69) is 44.6 Å². The Labute approximate surface area is 358 Å². The van der Waals surface area contributed by atoms with Crippen molar-refractivity contribution in [2.45, 2.75) is 39.7 Å². The number of aromatic nitrogens is 4. The molecule has 0 saturated carbocycles. The summed E-state index contributed by atoms with van der Waals surface area (Å²) in [6.07, 6.45) is -0.0463. The van der Waals surface area contributed by atoms with Gasteiger partial charge in [0.15, 0.2) is 5.82 Å². The van der Waals surface area contributed by atoms with Gasteiger partial charge in [0.25, 0.3) is 0 Å². The SMILES string of the molecule is Cc1sc2c(c1C)C(c1ccc(Cl)cc1)=N[C@@H](CC(=O)NCC(=O)N1CCN(CCOc3ccc(-c4nc(CC(=O)NCC(=O)O)cs4)c(Cl)c3)CC1)c1nnc(C)n1-2. The highest BCUT2D eigenvalue weighted by atomic mass is 35.5. The van der Waals surface area contributed by atoms with Crippen molar-refractivity contribution in [1.82, 2.24) is 40.2 Å². The van der Waals surface area contributed by atoms with Gasteiger partial charge in [-0.2, -0.15) is 0 Å². The van der Waals surface area contributed by atoms with Crippen LogP contribution in [0.3, 0.4) is 0 Å². The van der Waals surface area contributed by atoms with Gasteiger partial charge < -0.3 is 25.4 Å². The lowest BCUT2D eigenvalue weighted by Gasteiger charge is -2.34. The van der Waals surface area contributed by atoms with Gasteiger partial charge in [-0.15, -0.1) is 32.9 Å². The fourth-order valence-corrected chi connectivity index (χ4v) is 9.37. The number of hydrogen-bond donors (Lipinski definition) is 3. The molecule has 0 aliphatic carbocycles. The van der Waals surface area contributed by atoms with Crippen LogP contribution >= 0.6 is 45.9 Å². The summed E-state index contributed by atoms with van der Waals surface area (Å²) in [5.41, 5.74) is 4.93. The molecular weight excluding hydrogens is 838 g/mol. The maximum atomic E-state index is 13.4. The Hall–Kier alpha value is -5.20. The van der Waals surface area contributed by atoms with Crippen LogP contribution < -0.4 is 15.4 Å². The van der Waals surface area contributed by atoms with Gasteiger partial charge in [0.1, 0.15) is 40.8 Å². The summed E-state index contributed by atoms with van der Waals surface area (Å²) in [5, 5.41) is 27.1. The summed E-state index contributed by atoms with van der Waals surface area (Å²) in [6, 6.07) is 12.2. The fourth-order valence-electron chi connectivity index (χ4n) is 6.85. The van der Waals surface area contributed by atoms with Crippen molar-refractivity contribution in [3.8, 4) is 21.3 Å². The first-order chi connectivity index (χ1) is 28.3.